The Labute approximate surface area is 161 Å². The Balaban J connectivity index is 1.37. The number of hydrogen-bond donors (Lipinski definition) is 0. The fraction of sp³-hybridized carbons (Fsp3) is 0.458. The van der Waals surface area contributed by atoms with Crippen LogP contribution in [0.25, 0.3) is 0 Å². The van der Waals surface area contributed by atoms with Crippen LogP contribution in [0.2, 0.25) is 0 Å². The van der Waals surface area contributed by atoms with Gasteiger partial charge in [-0.3, -0.25) is 4.79 Å². The number of aryl methyl sites for hydroxylation is 1. The van der Waals surface area contributed by atoms with E-state index in [-0.39, 0.29) is 5.91 Å². The van der Waals surface area contributed by atoms with Gasteiger partial charge in [-0.25, -0.2) is 0 Å². The molecule has 3 nitrogen and oxygen atoms in total. The summed E-state index contributed by atoms with van der Waals surface area (Å²) in [5.41, 5.74) is 4.49. The lowest BCUT2D eigenvalue weighted by Gasteiger charge is -2.41. The summed E-state index contributed by atoms with van der Waals surface area (Å²) in [6.45, 7) is 4.27. The minimum atomic E-state index is 0.244. The molecule has 2 aromatic carbocycles. The third-order valence-corrected chi connectivity index (χ3v) is 7.28. The number of amides is 1. The number of carbonyl (C=O) groups excluding carboxylic acids is 1. The number of ether oxygens (including phenoxy) is 1. The van der Waals surface area contributed by atoms with E-state index in [2.05, 4.69) is 35.2 Å². The van der Waals surface area contributed by atoms with E-state index in [1.807, 2.05) is 18.2 Å². The first-order valence-corrected chi connectivity index (χ1v) is 10.2. The Bertz CT molecular complexity index is 862. The maximum atomic E-state index is 11.9. The van der Waals surface area contributed by atoms with Gasteiger partial charge in [0.2, 0.25) is 5.91 Å². The van der Waals surface area contributed by atoms with Crippen molar-refractivity contribution in [3.05, 3.63) is 65.2 Å². The van der Waals surface area contributed by atoms with E-state index in [0.29, 0.717) is 23.9 Å². The van der Waals surface area contributed by atoms with Gasteiger partial charge in [-0.15, -0.1) is 0 Å². The van der Waals surface area contributed by atoms with Crippen LogP contribution in [-0.2, 0) is 17.8 Å². The van der Waals surface area contributed by atoms with E-state index >= 15 is 0 Å². The smallest absolute Gasteiger partial charge is 0.219 e. The number of benzene rings is 2. The number of fused-ring (bicyclic) bond motifs is 2. The molecule has 1 aliphatic heterocycles. The molecule has 3 aliphatic rings. The highest BCUT2D eigenvalue weighted by atomic mass is 16.5. The number of rotatable bonds is 3. The standard InChI is InChI=1S/C24H27NO2/c1-17(26)25-14-20-7-10-23-22-9-8-21(27-15-18-5-3-2-4-6-18)13-19(22)11-12-24(20,23)16-25/h2-6,8-9,13,20,23H,7,10-12,14-16H2,1H3/t20?,23?,24-/m0/s1. The third-order valence-electron chi connectivity index (χ3n) is 7.28. The van der Waals surface area contributed by atoms with Gasteiger partial charge in [-0.2, -0.15) is 0 Å². The summed E-state index contributed by atoms with van der Waals surface area (Å²) in [5, 5.41) is 0. The molecule has 1 saturated carbocycles. The van der Waals surface area contributed by atoms with Gasteiger partial charge < -0.3 is 9.64 Å². The van der Waals surface area contributed by atoms with Crippen molar-refractivity contribution in [2.45, 2.75) is 45.1 Å². The van der Waals surface area contributed by atoms with Crippen LogP contribution in [0, 0.1) is 11.3 Å². The zero-order chi connectivity index (χ0) is 18.4. The Morgan fingerprint density at radius 3 is 2.85 bits per heavy atom. The normalized spacial score (nSPS) is 28.4. The highest BCUT2D eigenvalue weighted by molar-refractivity contribution is 5.73. The molecule has 2 fully saturated rings. The van der Waals surface area contributed by atoms with Gasteiger partial charge in [0.1, 0.15) is 12.4 Å². The molecule has 0 bridgehead atoms. The zero-order valence-corrected chi connectivity index (χ0v) is 16.0. The number of hydrogen-bond acceptors (Lipinski definition) is 2. The van der Waals surface area contributed by atoms with E-state index < -0.39 is 0 Å². The van der Waals surface area contributed by atoms with Gasteiger partial charge in [0, 0.05) is 20.0 Å². The second-order valence-electron chi connectivity index (χ2n) is 8.59. The van der Waals surface area contributed by atoms with E-state index in [1.165, 1.54) is 36.0 Å². The van der Waals surface area contributed by atoms with Gasteiger partial charge in [0.15, 0.2) is 0 Å². The number of nitrogens with zero attached hydrogens (tertiary/aromatic N) is 1. The molecule has 2 aromatic rings. The van der Waals surface area contributed by atoms with Crippen molar-refractivity contribution >= 4 is 5.91 Å². The molecule has 0 aromatic heterocycles. The van der Waals surface area contributed by atoms with E-state index in [0.717, 1.165) is 25.3 Å². The molecule has 2 unspecified atom stereocenters. The van der Waals surface area contributed by atoms with Gasteiger partial charge >= 0.3 is 0 Å². The summed E-state index contributed by atoms with van der Waals surface area (Å²) in [7, 11) is 0. The summed E-state index contributed by atoms with van der Waals surface area (Å²) >= 11 is 0. The van der Waals surface area contributed by atoms with Crippen molar-refractivity contribution in [2.75, 3.05) is 13.1 Å². The molecule has 1 saturated heterocycles. The highest BCUT2D eigenvalue weighted by Gasteiger charge is 2.57. The molecule has 3 heteroatoms. The van der Waals surface area contributed by atoms with Crippen molar-refractivity contribution in [3.63, 3.8) is 0 Å². The lowest BCUT2D eigenvalue weighted by molar-refractivity contribution is -0.128. The molecule has 3 atom stereocenters. The average Bonchev–Trinajstić information content (AvgIpc) is 3.22. The SMILES string of the molecule is CC(=O)N1CC2CCC3c4ccc(OCc5ccccc5)cc4CC[C@]23C1. The van der Waals surface area contributed by atoms with Crippen LogP contribution >= 0.6 is 0 Å². The van der Waals surface area contributed by atoms with Gasteiger partial charge in [-0.1, -0.05) is 36.4 Å². The molecule has 0 radical (unpaired) electrons. The quantitative estimate of drug-likeness (QED) is 0.802. The molecule has 1 spiro atoms. The summed E-state index contributed by atoms with van der Waals surface area (Å²) in [6, 6.07) is 17.0. The molecule has 1 heterocycles. The van der Waals surface area contributed by atoms with Gasteiger partial charge in [0.05, 0.1) is 0 Å². The molecular formula is C24H27NO2. The fourth-order valence-electron chi connectivity index (χ4n) is 5.92. The van der Waals surface area contributed by atoms with Crippen LogP contribution in [-0.4, -0.2) is 23.9 Å². The van der Waals surface area contributed by atoms with E-state index in [4.69, 9.17) is 4.74 Å². The largest absolute Gasteiger partial charge is 0.489 e. The predicted octanol–water partition coefficient (Wildman–Crippen LogP) is 4.55. The van der Waals surface area contributed by atoms with Crippen LogP contribution in [0.15, 0.2) is 48.5 Å². The molecular weight excluding hydrogens is 334 g/mol. The fourth-order valence-corrected chi connectivity index (χ4v) is 5.92. The second-order valence-corrected chi connectivity index (χ2v) is 8.59. The third kappa shape index (κ3) is 2.75. The molecule has 2 aliphatic carbocycles. The number of likely N-dealkylation sites (tertiary alicyclic amines) is 1. The zero-order valence-electron chi connectivity index (χ0n) is 16.0. The minimum absolute atomic E-state index is 0.244. The Kier molecular flexibility index (Phi) is 3.99. The van der Waals surface area contributed by atoms with Gasteiger partial charge in [-0.05, 0) is 71.8 Å². The highest BCUT2D eigenvalue weighted by Crippen LogP contribution is 2.61. The Morgan fingerprint density at radius 1 is 1.19 bits per heavy atom. The van der Waals surface area contributed by atoms with E-state index in [1.54, 1.807) is 6.92 Å². The molecule has 5 rings (SSSR count). The van der Waals surface area contributed by atoms with Crippen LogP contribution in [0.5, 0.6) is 5.75 Å². The predicted molar refractivity (Wildman–Crippen MR) is 106 cm³/mol. The Morgan fingerprint density at radius 2 is 2.04 bits per heavy atom. The summed E-state index contributed by atoms with van der Waals surface area (Å²) < 4.78 is 6.05. The van der Waals surface area contributed by atoms with Crippen molar-refractivity contribution in [1.82, 2.24) is 4.90 Å². The molecule has 140 valence electrons. The van der Waals surface area contributed by atoms with Gasteiger partial charge in [0.25, 0.3) is 0 Å². The summed E-state index contributed by atoms with van der Waals surface area (Å²) in [4.78, 5) is 14.0. The van der Waals surface area contributed by atoms with Crippen LogP contribution < -0.4 is 4.74 Å². The van der Waals surface area contributed by atoms with E-state index in [9.17, 15) is 4.79 Å². The average molecular weight is 361 g/mol. The first-order chi connectivity index (χ1) is 13.2. The first kappa shape index (κ1) is 16.9. The summed E-state index contributed by atoms with van der Waals surface area (Å²) in [5.74, 6) is 2.51. The number of carbonyl (C=O) groups is 1. The maximum absolute atomic E-state index is 11.9. The van der Waals surface area contributed by atoms with Crippen molar-refractivity contribution < 1.29 is 9.53 Å². The van der Waals surface area contributed by atoms with Crippen LogP contribution in [0.4, 0.5) is 0 Å². The van der Waals surface area contributed by atoms with Crippen molar-refractivity contribution in [3.8, 4) is 5.75 Å². The molecule has 0 N–H and O–H groups in total. The summed E-state index contributed by atoms with van der Waals surface area (Å²) in [6.07, 6.45) is 4.85. The molecule has 1 amide bonds. The van der Waals surface area contributed by atoms with Crippen molar-refractivity contribution in [1.29, 1.82) is 0 Å². The first-order valence-electron chi connectivity index (χ1n) is 10.2. The lowest BCUT2D eigenvalue weighted by Crippen LogP contribution is -2.37. The maximum Gasteiger partial charge on any atom is 0.219 e. The van der Waals surface area contributed by atoms with Crippen LogP contribution in [0.1, 0.15) is 48.8 Å². The minimum Gasteiger partial charge on any atom is -0.489 e. The second kappa shape index (κ2) is 6.40. The van der Waals surface area contributed by atoms with Crippen LogP contribution in [0.3, 0.4) is 0 Å². The topological polar surface area (TPSA) is 29.5 Å². The lowest BCUT2D eigenvalue weighted by atomic mass is 9.63. The Hall–Kier alpha value is -2.29. The monoisotopic (exact) mass is 361 g/mol. The molecule has 27 heavy (non-hydrogen) atoms. The van der Waals surface area contributed by atoms with Crippen molar-refractivity contribution in [2.24, 2.45) is 11.3 Å².